The third kappa shape index (κ3) is 4.60. The summed E-state index contributed by atoms with van der Waals surface area (Å²) < 4.78 is 28.9. The summed E-state index contributed by atoms with van der Waals surface area (Å²) in [5.74, 6) is 0.731. The van der Waals surface area contributed by atoms with E-state index in [1.54, 1.807) is 19.2 Å². The number of carbonyl (C=O) groups is 1. The summed E-state index contributed by atoms with van der Waals surface area (Å²) >= 11 is 0. The third-order valence-electron chi connectivity index (χ3n) is 3.10. The first-order valence-corrected chi connectivity index (χ1v) is 7.02. The maximum absolute atomic E-state index is 13.3. The fraction of sp³-hybridized carbons (Fsp3) is 0.235. The van der Waals surface area contributed by atoms with E-state index in [0.717, 1.165) is 6.07 Å². The maximum Gasteiger partial charge on any atom is 0.255 e. The molecule has 0 saturated heterocycles. The molecule has 0 radical (unpaired) electrons. The quantitative estimate of drug-likeness (QED) is 0.797. The Balaban J connectivity index is 1.86. The molecule has 6 heteroatoms. The first kappa shape index (κ1) is 16.6. The van der Waals surface area contributed by atoms with Crippen LogP contribution in [0.25, 0.3) is 0 Å². The largest absolute Gasteiger partial charge is 0.497 e. The molecule has 2 aromatic carbocycles. The molecule has 122 valence electrons. The Morgan fingerprint density at radius 3 is 2.61 bits per heavy atom. The van der Waals surface area contributed by atoms with Gasteiger partial charge >= 0.3 is 0 Å². The lowest BCUT2D eigenvalue weighted by Crippen LogP contribution is -2.28. The Labute approximate surface area is 134 Å². The van der Waals surface area contributed by atoms with E-state index in [9.17, 15) is 9.18 Å². The number of hydrogen-bond acceptors (Lipinski definition) is 4. The van der Waals surface area contributed by atoms with Gasteiger partial charge < -0.3 is 19.5 Å². The molecule has 0 aliphatic carbocycles. The second kappa shape index (κ2) is 8.03. The van der Waals surface area contributed by atoms with Gasteiger partial charge in [-0.05, 0) is 30.3 Å². The van der Waals surface area contributed by atoms with Gasteiger partial charge in [0.2, 0.25) is 0 Å². The van der Waals surface area contributed by atoms with Crippen LogP contribution in [0.15, 0.2) is 42.5 Å². The number of amides is 1. The number of carbonyl (C=O) groups excluding carboxylic acids is 1. The van der Waals surface area contributed by atoms with Crippen molar-refractivity contribution in [1.82, 2.24) is 5.32 Å². The van der Waals surface area contributed by atoms with E-state index >= 15 is 0 Å². The highest BCUT2D eigenvalue weighted by Crippen LogP contribution is 2.20. The highest BCUT2D eigenvalue weighted by molar-refractivity contribution is 5.96. The van der Waals surface area contributed by atoms with Crippen LogP contribution in [-0.4, -0.2) is 33.3 Å². The summed E-state index contributed by atoms with van der Waals surface area (Å²) in [6.45, 7) is 0.548. The van der Waals surface area contributed by atoms with Crippen LogP contribution in [0.2, 0.25) is 0 Å². The normalized spacial score (nSPS) is 10.0. The topological polar surface area (TPSA) is 56.8 Å². The summed E-state index contributed by atoms with van der Waals surface area (Å²) in [4.78, 5) is 12.1. The van der Waals surface area contributed by atoms with Crippen molar-refractivity contribution < 1.29 is 23.4 Å². The fourth-order valence-electron chi connectivity index (χ4n) is 1.98. The first-order valence-electron chi connectivity index (χ1n) is 7.02. The van der Waals surface area contributed by atoms with Gasteiger partial charge in [0.1, 0.15) is 29.7 Å². The molecule has 0 aromatic heterocycles. The van der Waals surface area contributed by atoms with Gasteiger partial charge in [-0.25, -0.2) is 4.39 Å². The van der Waals surface area contributed by atoms with Crippen molar-refractivity contribution >= 4 is 5.91 Å². The molecular weight excluding hydrogens is 301 g/mol. The van der Waals surface area contributed by atoms with Crippen molar-refractivity contribution in [3.05, 3.63) is 53.8 Å². The third-order valence-corrected chi connectivity index (χ3v) is 3.10. The fourth-order valence-corrected chi connectivity index (χ4v) is 1.98. The number of halogens is 1. The average Bonchev–Trinajstić information content (AvgIpc) is 2.58. The van der Waals surface area contributed by atoms with E-state index in [4.69, 9.17) is 14.2 Å². The van der Waals surface area contributed by atoms with E-state index in [0.29, 0.717) is 17.2 Å². The molecule has 0 aliphatic heterocycles. The van der Waals surface area contributed by atoms with Gasteiger partial charge in [0.25, 0.3) is 5.91 Å². The Morgan fingerprint density at radius 2 is 1.87 bits per heavy atom. The van der Waals surface area contributed by atoms with Crippen LogP contribution in [0.3, 0.4) is 0 Å². The summed E-state index contributed by atoms with van der Waals surface area (Å²) in [6.07, 6.45) is 0. The van der Waals surface area contributed by atoms with E-state index in [1.807, 2.05) is 12.1 Å². The van der Waals surface area contributed by atoms with Gasteiger partial charge in [0.05, 0.1) is 26.3 Å². The lowest BCUT2D eigenvalue weighted by atomic mass is 10.2. The minimum absolute atomic E-state index is 0.147. The summed E-state index contributed by atoms with van der Waals surface area (Å²) in [7, 11) is 3.00. The average molecular weight is 319 g/mol. The molecule has 2 rings (SSSR count). The Kier molecular flexibility index (Phi) is 5.80. The summed E-state index contributed by atoms with van der Waals surface area (Å²) in [6, 6.07) is 10.9. The van der Waals surface area contributed by atoms with Gasteiger partial charge in [0, 0.05) is 6.07 Å². The van der Waals surface area contributed by atoms with Crippen LogP contribution in [0.4, 0.5) is 4.39 Å². The molecule has 0 spiro atoms. The minimum Gasteiger partial charge on any atom is -0.497 e. The lowest BCUT2D eigenvalue weighted by Gasteiger charge is -2.11. The van der Waals surface area contributed by atoms with Crippen molar-refractivity contribution in [3.8, 4) is 17.2 Å². The van der Waals surface area contributed by atoms with Crippen molar-refractivity contribution in [1.29, 1.82) is 0 Å². The van der Waals surface area contributed by atoms with Crippen LogP contribution < -0.4 is 19.5 Å². The maximum atomic E-state index is 13.3. The van der Waals surface area contributed by atoms with Gasteiger partial charge in [0.15, 0.2) is 0 Å². The van der Waals surface area contributed by atoms with Crippen LogP contribution in [0.1, 0.15) is 10.4 Å². The van der Waals surface area contributed by atoms with E-state index < -0.39 is 11.7 Å². The Morgan fingerprint density at radius 1 is 1.09 bits per heavy atom. The zero-order valence-electron chi connectivity index (χ0n) is 13.0. The molecule has 5 nitrogen and oxygen atoms in total. The molecule has 0 bridgehead atoms. The molecule has 0 fully saturated rings. The zero-order chi connectivity index (χ0) is 16.7. The second-order valence-electron chi connectivity index (χ2n) is 4.63. The standard InChI is InChI=1S/C17H18FNO4/c1-21-13-4-3-5-14(11-13)23-9-8-19-17(20)15-10-12(18)6-7-16(15)22-2/h3-7,10-11H,8-9H2,1-2H3,(H,19,20). The van der Waals surface area contributed by atoms with Crippen LogP contribution in [0, 0.1) is 5.82 Å². The van der Waals surface area contributed by atoms with Crippen LogP contribution in [0.5, 0.6) is 17.2 Å². The monoisotopic (exact) mass is 319 g/mol. The van der Waals surface area contributed by atoms with Crippen LogP contribution in [-0.2, 0) is 0 Å². The molecule has 23 heavy (non-hydrogen) atoms. The first-order chi connectivity index (χ1) is 11.1. The van der Waals surface area contributed by atoms with Gasteiger partial charge in [-0.1, -0.05) is 6.07 Å². The molecule has 0 heterocycles. The Bertz CT molecular complexity index is 675. The number of nitrogens with one attached hydrogen (secondary N) is 1. The highest BCUT2D eigenvalue weighted by Gasteiger charge is 2.12. The number of hydrogen-bond donors (Lipinski definition) is 1. The van der Waals surface area contributed by atoms with E-state index in [2.05, 4.69) is 5.32 Å². The number of methoxy groups -OCH3 is 2. The van der Waals surface area contributed by atoms with E-state index in [-0.39, 0.29) is 18.7 Å². The van der Waals surface area contributed by atoms with Crippen molar-refractivity contribution in [2.75, 3.05) is 27.4 Å². The van der Waals surface area contributed by atoms with E-state index in [1.165, 1.54) is 19.2 Å². The number of ether oxygens (including phenoxy) is 3. The molecule has 0 unspecified atom stereocenters. The molecule has 0 atom stereocenters. The van der Waals surface area contributed by atoms with Crippen molar-refractivity contribution in [2.45, 2.75) is 0 Å². The zero-order valence-corrected chi connectivity index (χ0v) is 13.0. The van der Waals surface area contributed by atoms with Gasteiger partial charge in [-0.3, -0.25) is 4.79 Å². The van der Waals surface area contributed by atoms with Crippen LogP contribution >= 0.6 is 0 Å². The lowest BCUT2D eigenvalue weighted by molar-refractivity contribution is 0.0943. The highest BCUT2D eigenvalue weighted by atomic mass is 19.1. The Hall–Kier alpha value is -2.76. The van der Waals surface area contributed by atoms with Crippen molar-refractivity contribution in [3.63, 3.8) is 0 Å². The molecule has 2 aromatic rings. The minimum atomic E-state index is -0.497. The number of rotatable bonds is 7. The molecule has 1 N–H and O–H groups in total. The molecule has 0 saturated carbocycles. The summed E-state index contributed by atoms with van der Waals surface area (Å²) in [5.41, 5.74) is 0.147. The summed E-state index contributed by atoms with van der Waals surface area (Å²) in [5, 5.41) is 2.66. The number of benzene rings is 2. The predicted molar refractivity (Wildman–Crippen MR) is 83.8 cm³/mol. The van der Waals surface area contributed by atoms with Gasteiger partial charge in [-0.2, -0.15) is 0 Å². The smallest absolute Gasteiger partial charge is 0.255 e. The molecule has 1 amide bonds. The predicted octanol–water partition coefficient (Wildman–Crippen LogP) is 2.65. The van der Waals surface area contributed by atoms with Gasteiger partial charge in [-0.15, -0.1) is 0 Å². The SMILES string of the molecule is COc1cccc(OCCNC(=O)c2cc(F)ccc2OC)c1. The molecule has 0 aliphatic rings. The second-order valence-corrected chi connectivity index (χ2v) is 4.63. The molecular formula is C17H18FNO4. The van der Waals surface area contributed by atoms with Crippen molar-refractivity contribution in [2.24, 2.45) is 0 Å².